The third-order valence-electron chi connectivity index (χ3n) is 8.17. The zero-order valence-electron chi connectivity index (χ0n) is 23.4. The van der Waals surface area contributed by atoms with Crippen LogP contribution in [-0.4, -0.2) is 81.5 Å². The van der Waals surface area contributed by atoms with Crippen molar-refractivity contribution in [3.8, 4) is 5.75 Å². The van der Waals surface area contributed by atoms with E-state index < -0.39 is 5.92 Å². The molecule has 3 amide bonds. The molecule has 0 radical (unpaired) electrons. The van der Waals surface area contributed by atoms with Crippen LogP contribution in [0.1, 0.15) is 38.1 Å². The lowest BCUT2D eigenvalue weighted by Crippen LogP contribution is -2.42. The molecule has 5 heterocycles. The van der Waals surface area contributed by atoms with Crippen molar-refractivity contribution in [2.75, 3.05) is 39.3 Å². The topological polar surface area (TPSA) is 109 Å². The summed E-state index contributed by atoms with van der Waals surface area (Å²) in [5.74, 6) is -0.343. The Balaban J connectivity index is 1.13. The van der Waals surface area contributed by atoms with Gasteiger partial charge in [-0.15, -0.1) is 11.3 Å². The summed E-state index contributed by atoms with van der Waals surface area (Å²) in [6, 6.07) is 21.2. The Morgan fingerprint density at radius 2 is 1.81 bits per heavy atom. The Morgan fingerprint density at radius 3 is 2.72 bits per heavy atom. The summed E-state index contributed by atoms with van der Waals surface area (Å²) in [5.41, 5.74) is 1.92. The molecule has 2 aliphatic heterocycles. The third-order valence-corrected chi connectivity index (χ3v) is 9.28. The van der Waals surface area contributed by atoms with Gasteiger partial charge in [0.2, 0.25) is 5.91 Å². The molecule has 10 nitrogen and oxygen atoms in total. The van der Waals surface area contributed by atoms with E-state index in [1.807, 2.05) is 54.6 Å². The number of ether oxygens (including phenoxy) is 1. The van der Waals surface area contributed by atoms with Gasteiger partial charge < -0.3 is 19.9 Å². The number of thiophene rings is 1. The number of fused-ring (bicyclic) bond motifs is 6. The Labute approximate surface area is 251 Å². The summed E-state index contributed by atoms with van der Waals surface area (Å²) >= 11 is 1.47. The molecule has 5 aromatic rings. The second-order valence-electron chi connectivity index (χ2n) is 10.9. The number of nitrogens with one attached hydrogen (secondary N) is 1. The fraction of sp³-hybridized carbons (Fsp3) is 0.281. The Hall–Kier alpha value is -4.77. The quantitative estimate of drug-likeness (QED) is 0.333. The number of likely N-dealkylation sites (tertiary alicyclic amines) is 1. The Bertz CT molecular complexity index is 1800. The molecule has 218 valence electrons. The van der Waals surface area contributed by atoms with Crippen LogP contribution in [0.15, 0.2) is 79.1 Å². The van der Waals surface area contributed by atoms with Gasteiger partial charge in [-0.05, 0) is 53.8 Å². The van der Waals surface area contributed by atoms with Crippen LogP contribution in [0.5, 0.6) is 5.75 Å². The van der Waals surface area contributed by atoms with E-state index >= 15 is 0 Å². The second kappa shape index (κ2) is 11.5. The van der Waals surface area contributed by atoms with Gasteiger partial charge in [0.05, 0.1) is 23.6 Å². The highest BCUT2D eigenvalue weighted by Crippen LogP contribution is 2.36. The Kier molecular flexibility index (Phi) is 7.23. The van der Waals surface area contributed by atoms with Gasteiger partial charge in [0, 0.05) is 49.5 Å². The van der Waals surface area contributed by atoms with Crippen LogP contribution in [0.25, 0.3) is 15.7 Å². The summed E-state index contributed by atoms with van der Waals surface area (Å²) < 4.78 is 8.67. The molecule has 0 unspecified atom stereocenters. The minimum Gasteiger partial charge on any atom is -0.494 e. The fourth-order valence-corrected chi connectivity index (χ4v) is 7.02. The molecule has 1 fully saturated rings. The highest BCUT2D eigenvalue weighted by Gasteiger charge is 2.41. The molecule has 7 rings (SSSR count). The van der Waals surface area contributed by atoms with E-state index in [9.17, 15) is 14.4 Å². The van der Waals surface area contributed by atoms with Crippen molar-refractivity contribution >= 4 is 44.8 Å². The summed E-state index contributed by atoms with van der Waals surface area (Å²) in [4.78, 5) is 49.4. The average Bonchev–Trinajstić information content (AvgIpc) is 3.78. The molecule has 11 heteroatoms. The van der Waals surface area contributed by atoms with E-state index in [0.29, 0.717) is 61.2 Å². The molecule has 0 spiro atoms. The van der Waals surface area contributed by atoms with Crippen LogP contribution in [0.4, 0.5) is 0 Å². The molecule has 3 aromatic heterocycles. The molecule has 2 aliphatic rings. The van der Waals surface area contributed by atoms with E-state index in [1.165, 1.54) is 22.0 Å². The van der Waals surface area contributed by atoms with Gasteiger partial charge in [-0.2, -0.15) is 5.10 Å². The van der Waals surface area contributed by atoms with E-state index in [4.69, 9.17) is 4.74 Å². The lowest BCUT2D eigenvalue weighted by Gasteiger charge is -2.24. The van der Waals surface area contributed by atoms with Crippen molar-refractivity contribution in [2.45, 2.75) is 12.3 Å². The van der Waals surface area contributed by atoms with Crippen molar-refractivity contribution < 1.29 is 19.1 Å². The molecule has 1 saturated heterocycles. The number of aromatic nitrogens is 3. The van der Waals surface area contributed by atoms with Gasteiger partial charge in [-0.25, -0.2) is 9.50 Å². The maximum absolute atomic E-state index is 13.7. The summed E-state index contributed by atoms with van der Waals surface area (Å²) in [6.45, 7) is 2.21. The highest BCUT2D eigenvalue weighted by atomic mass is 32.1. The van der Waals surface area contributed by atoms with Crippen molar-refractivity contribution in [1.29, 1.82) is 0 Å². The molecule has 1 N–H and O–H groups in total. The van der Waals surface area contributed by atoms with Crippen LogP contribution in [-0.2, 0) is 4.79 Å². The van der Waals surface area contributed by atoms with Crippen LogP contribution in [0.2, 0.25) is 0 Å². The number of imidazole rings is 1. The average molecular weight is 595 g/mol. The molecule has 0 aliphatic carbocycles. The number of hydrogen-bond donors (Lipinski definition) is 1. The zero-order valence-corrected chi connectivity index (χ0v) is 24.2. The van der Waals surface area contributed by atoms with Crippen molar-refractivity contribution in [2.24, 2.45) is 5.92 Å². The zero-order chi connectivity index (χ0) is 29.3. The van der Waals surface area contributed by atoms with Gasteiger partial charge in [0.25, 0.3) is 11.8 Å². The van der Waals surface area contributed by atoms with E-state index in [1.54, 1.807) is 28.1 Å². The normalized spacial score (nSPS) is 19.5. The molecular weight excluding hydrogens is 564 g/mol. The number of rotatable bonds is 2. The highest BCUT2D eigenvalue weighted by molar-refractivity contribution is 7.20. The smallest absolute Gasteiger partial charge is 0.274 e. The summed E-state index contributed by atoms with van der Waals surface area (Å²) in [6.07, 6.45) is 3.75. The summed E-state index contributed by atoms with van der Waals surface area (Å²) in [7, 11) is 0. The second-order valence-corrected chi connectivity index (χ2v) is 12.0. The molecule has 0 saturated carbocycles. The lowest BCUT2D eigenvalue weighted by molar-refractivity contribution is -0.125. The number of carbonyl (C=O) groups is 3. The fourth-order valence-electron chi connectivity index (χ4n) is 5.99. The molecular formula is C32H30N6O4S. The molecule has 2 atom stereocenters. The van der Waals surface area contributed by atoms with Gasteiger partial charge in [-0.1, -0.05) is 30.3 Å². The van der Waals surface area contributed by atoms with Gasteiger partial charge in [0.15, 0.2) is 11.3 Å². The number of hydrogen-bond acceptors (Lipinski definition) is 7. The Morgan fingerprint density at radius 1 is 0.930 bits per heavy atom. The van der Waals surface area contributed by atoms with E-state index in [0.717, 1.165) is 15.6 Å². The van der Waals surface area contributed by atoms with Crippen molar-refractivity contribution in [3.05, 3.63) is 95.3 Å². The van der Waals surface area contributed by atoms with E-state index in [2.05, 4.69) is 15.4 Å². The van der Waals surface area contributed by atoms with Crippen LogP contribution < -0.4 is 10.1 Å². The minimum atomic E-state index is -0.441. The molecule has 2 aromatic carbocycles. The maximum atomic E-state index is 13.7. The van der Waals surface area contributed by atoms with Gasteiger partial charge >= 0.3 is 0 Å². The van der Waals surface area contributed by atoms with Gasteiger partial charge in [-0.3, -0.25) is 14.4 Å². The minimum absolute atomic E-state index is 0.0646. The van der Waals surface area contributed by atoms with Crippen LogP contribution in [0.3, 0.4) is 0 Å². The number of amides is 3. The largest absolute Gasteiger partial charge is 0.494 e. The number of benzene rings is 2. The van der Waals surface area contributed by atoms with Crippen LogP contribution >= 0.6 is 11.3 Å². The monoisotopic (exact) mass is 594 g/mol. The first-order chi connectivity index (χ1) is 21.0. The van der Waals surface area contributed by atoms with Crippen molar-refractivity contribution in [3.63, 3.8) is 0 Å². The summed E-state index contributed by atoms with van der Waals surface area (Å²) in [5, 5.41) is 8.39. The lowest BCUT2D eigenvalue weighted by atomic mass is 9.88. The predicted molar refractivity (Wildman–Crippen MR) is 162 cm³/mol. The number of carbonyl (C=O) groups excluding carboxylic acids is 3. The van der Waals surface area contributed by atoms with Crippen LogP contribution in [0, 0.1) is 5.92 Å². The van der Waals surface area contributed by atoms with E-state index in [-0.39, 0.29) is 30.2 Å². The first-order valence-electron chi connectivity index (χ1n) is 14.4. The standard InChI is InChI=1S/C32H30N6O4S/c39-30-25-20-37(32(41)28-17-22-6-1-2-9-27(22)43-28)19-24(25)21-7-3-8-23(16-21)42-15-5-13-36(14-12-33-30)31(40)26-18-34-29-10-4-11-35-38(26)29/h1-4,6-11,16-18,24-25H,5,12-15,19-20H2,(H,33,39)/t24-,25+/m1/s1. The SMILES string of the molecule is O=C1NCCN(C(=O)c2cnc3cccnn23)CCCOc2cccc(c2)[C@H]2CN(C(=O)c3cc4ccccc4s3)C[C@H]12. The predicted octanol–water partition coefficient (Wildman–Crippen LogP) is 3.84. The van der Waals surface area contributed by atoms with Gasteiger partial charge in [0.1, 0.15) is 5.75 Å². The van der Waals surface area contributed by atoms with Crippen molar-refractivity contribution in [1.82, 2.24) is 29.7 Å². The number of nitrogens with zero attached hydrogens (tertiary/aromatic N) is 5. The first kappa shape index (κ1) is 27.1. The third kappa shape index (κ3) is 5.32. The molecule has 43 heavy (non-hydrogen) atoms. The maximum Gasteiger partial charge on any atom is 0.274 e. The first-order valence-corrected chi connectivity index (χ1v) is 15.2. The molecule has 2 bridgehead atoms.